The number of carbonyl (C=O) groups excluding carboxylic acids is 2. The van der Waals surface area contributed by atoms with E-state index in [1.54, 1.807) is 56.0 Å². The summed E-state index contributed by atoms with van der Waals surface area (Å²) in [5.41, 5.74) is 1.34. The molecule has 1 aliphatic rings. The maximum atomic E-state index is 12.9. The van der Waals surface area contributed by atoms with Gasteiger partial charge in [0.05, 0.1) is 13.3 Å². The highest BCUT2D eigenvalue weighted by atomic mass is 16.5. The number of hydrazone groups is 1. The van der Waals surface area contributed by atoms with Crippen molar-refractivity contribution in [2.24, 2.45) is 12.1 Å². The van der Waals surface area contributed by atoms with Crippen molar-refractivity contribution in [3.05, 3.63) is 52.8 Å². The minimum atomic E-state index is -1.22. The Balaban J connectivity index is 1.89. The number of hydrogen-bond donors (Lipinski definition) is 1. The number of methoxy groups -OCH3 is 1. The molecule has 8 nitrogen and oxygen atoms in total. The third-order valence-corrected chi connectivity index (χ3v) is 4.84. The Bertz CT molecular complexity index is 984. The van der Waals surface area contributed by atoms with Gasteiger partial charge in [-0.25, -0.2) is 4.79 Å². The molecule has 1 atom stereocenters. The smallest absolute Gasteiger partial charge is 0.346 e. The van der Waals surface area contributed by atoms with Gasteiger partial charge in [0.1, 0.15) is 23.1 Å². The molecule has 0 spiro atoms. The van der Waals surface area contributed by atoms with Crippen LogP contribution in [0.15, 0.2) is 35.4 Å². The summed E-state index contributed by atoms with van der Waals surface area (Å²) in [7, 11) is 3.32. The van der Waals surface area contributed by atoms with Gasteiger partial charge in [-0.05, 0) is 37.6 Å². The molecule has 2 heterocycles. The summed E-state index contributed by atoms with van der Waals surface area (Å²) in [4.78, 5) is 25.2. The lowest BCUT2D eigenvalue weighted by atomic mass is 9.92. The van der Waals surface area contributed by atoms with E-state index in [1.807, 2.05) is 6.92 Å². The van der Waals surface area contributed by atoms with Crippen molar-refractivity contribution in [3.63, 3.8) is 0 Å². The maximum absolute atomic E-state index is 12.9. The molecule has 0 saturated carbocycles. The maximum Gasteiger partial charge on any atom is 0.346 e. The van der Waals surface area contributed by atoms with Gasteiger partial charge in [0.15, 0.2) is 0 Å². The number of aromatic nitrogens is 1. The third-order valence-electron chi connectivity index (χ3n) is 4.84. The van der Waals surface area contributed by atoms with Crippen LogP contribution in [0.3, 0.4) is 0 Å². The molecule has 1 aromatic heterocycles. The van der Waals surface area contributed by atoms with Crippen molar-refractivity contribution >= 4 is 18.2 Å². The fourth-order valence-corrected chi connectivity index (χ4v) is 2.93. The van der Waals surface area contributed by atoms with Crippen molar-refractivity contribution < 1.29 is 14.3 Å². The van der Waals surface area contributed by atoms with Crippen LogP contribution in [0.5, 0.6) is 5.75 Å². The van der Waals surface area contributed by atoms with Crippen LogP contribution >= 0.6 is 0 Å². The Hall–Kier alpha value is -3.60. The Labute approximate surface area is 156 Å². The molecule has 2 aromatic rings. The number of imide groups is 1. The van der Waals surface area contributed by atoms with Gasteiger partial charge in [0.25, 0.3) is 5.91 Å². The van der Waals surface area contributed by atoms with Crippen molar-refractivity contribution in [1.82, 2.24) is 14.9 Å². The van der Waals surface area contributed by atoms with Gasteiger partial charge in [0, 0.05) is 18.3 Å². The summed E-state index contributed by atoms with van der Waals surface area (Å²) >= 11 is 0. The summed E-state index contributed by atoms with van der Waals surface area (Å²) in [6.45, 7) is 3.46. The minimum Gasteiger partial charge on any atom is -0.497 e. The fourth-order valence-electron chi connectivity index (χ4n) is 2.93. The molecular weight excluding hydrogens is 346 g/mol. The number of nitriles is 1. The number of rotatable bonds is 4. The first-order valence-corrected chi connectivity index (χ1v) is 8.23. The predicted molar refractivity (Wildman–Crippen MR) is 98.2 cm³/mol. The van der Waals surface area contributed by atoms with Crippen LogP contribution in [0, 0.1) is 18.3 Å². The van der Waals surface area contributed by atoms with E-state index in [0.29, 0.717) is 22.6 Å². The molecule has 0 radical (unpaired) electrons. The van der Waals surface area contributed by atoms with E-state index in [0.717, 1.165) is 10.7 Å². The van der Waals surface area contributed by atoms with Crippen molar-refractivity contribution in [3.8, 4) is 11.8 Å². The van der Waals surface area contributed by atoms with E-state index in [9.17, 15) is 9.59 Å². The molecule has 1 fully saturated rings. The molecule has 0 unspecified atom stereocenters. The van der Waals surface area contributed by atoms with Crippen LogP contribution in [0.25, 0.3) is 0 Å². The highest BCUT2D eigenvalue weighted by molar-refractivity contribution is 6.07. The zero-order valence-corrected chi connectivity index (χ0v) is 15.5. The number of urea groups is 1. The van der Waals surface area contributed by atoms with Gasteiger partial charge >= 0.3 is 6.03 Å². The molecule has 3 rings (SSSR count). The molecule has 138 valence electrons. The van der Waals surface area contributed by atoms with E-state index in [4.69, 9.17) is 10.00 Å². The number of ether oxygens (including phenoxy) is 1. The minimum absolute atomic E-state index is 0.467. The zero-order valence-electron chi connectivity index (χ0n) is 15.5. The van der Waals surface area contributed by atoms with Gasteiger partial charge in [-0.3, -0.25) is 4.79 Å². The van der Waals surface area contributed by atoms with Gasteiger partial charge < -0.3 is 14.6 Å². The summed E-state index contributed by atoms with van der Waals surface area (Å²) < 4.78 is 6.84. The first kappa shape index (κ1) is 18.2. The van der Waals surface area contributed by atoms with Crippen LogP contribution in [0.1, 0.15) is 29.4 Å². The Morgan fingerprint density at radius 1 is 1.30 bits per heavy atom. The van der Waals surface area contributed by atoms with Gasteiger partial charge in [0.2, 0.25) is 0 Å². The van der Waals surface area contributed by atoms with Crippen molar-refractivity contribution in [1.29, 1.82) is 5.26 Å². The topological polar surface area (TPSA) is 99.7 Å². The van der Waals surface area contributed by atoms with Crippen LogP contribution in [-0.2, 0) is 17.4 Å². The Morgan fingerprint density at radius 3 is 2.52 bits per heavy atom. The van der Waals surface area contributed by atoms with E-state index in [1.165, 1.54) is 6.21 Å². The quantitative estimate of drug-likeness (QED) is 0.662. The normalized spacial score (nSPS) is 19.4. The van der Waals surface area contributed by atoms with Gasteiger partial charge in [-0.2, -0.15) is 10.4 Å². The number of amides is 3. The monoisotopic (exact) mass is 365 g/mol. The lowest BCUT2D eigenvalue weighted by molar-refractivity contribution is -0.131. The van der Waals surface area contributed by atoms with E-state index >= 15 is 0 Å². The number of carbonyl (C=O) groups is 2. The number of hydrogen-bond acceptors (Lipinski definition) is 5. The van der Waals surface area contributed by atoms with E-state index in [-0.39, 0.29) is 0 Å². The average molecular weight is 365 g/mol. The average Bonchev–Trinajstić information content (AvgIpc) is 3.07. The first-order chi connectivity index (χ1) is 12.8. The van der Waals surface area contributed by atoms with E-state index < -0.39 is 17.5 Å². The second-order valence-electron chi connectivity index (χ2n) is 6.39. The van der Waals surface area contributed by atoms with Crippen LogP contribution in [-0.4, -0.2) is 34.8 Å². The molecule has 1 N–H and O–H groups in total. The largest absolute Gasteiger partial charge is 0.497 e. The molecule has 1 saturated heterocycles. The summed E-state index contributed by atoms with van der Waals surface area (Å²) in [6.07, 6.45) is 1.41. The number of benzene rings is 1. The van der Waals surface area contributed by atoms with Crippen molar-refractivity contribution in [2.75, 3.05) is 7.11 Å². The third kappa shape index (κ3) is 2.93. The molecule has 3 amide bonds. The first-order valence-electron chi connectivity index (χ1n) is 8.23. The van der Waals surface area contributed by atoms with Crippen LogP contribution in [0.4, 0.5) is 4.79 Å². The summed E-state index contributed by atoms with van der Waals surface area (Å²) in [5.74, 6) is 0.171. The Morgan fingerprint density at radius 2 is 1.96 bits per heavy atom. The highest BCUT2D eigenvalue weighted by Gasteiger charge is 2.49. The number of nitrogens with one attached hydrogen (secondary N) is 1. The molecule has 1 aromatic carbocycles. The lowest BCUT2D eigenvalue weighted by Gasteiger charge is -2.21. The van der Waals surface area contributed by atoms with Crippen LogP contribution < -0.4 is 10.1 Å². The van der Waals surface area contributed by atoms with Crippen molar-refractivity contribution in [2.45, 2.75) is 19.4 Å². The van der Waals surface area contributed by atoms with Gasteiger partial charge in [-0.15, -0.1) is 5.01 Å². The second-order valence-corrected chi connectivity index (χ2v) is 6.39. The number of nitrogens with zero attached hydrogens (tertiary/aromatic N) is 4. The fraction of sp³-hybridized carbons (Fsp3) is 0.263. The standard InChI is InChI=1S/C19H19N5O3/c1-12-13(9-15(10-20)23(12)3)11-21-24-17(25)19(2,22-18(24)26)14-5-7-16(27-4)8-6-14/h5-9,11H,1-4H3,(H,22,26)/b21-11-/t19-/m0/s1. The lowest BCUT2D eigenvalue weighted by Crippen LogP contribution is -2.40. The highest BCUT2D eigenvalue weighted by Crippen LogP contribution is 2.30. The second kappa shape index (κ2) is 6.61. The van der Waals surface area contributed by atoms with Crippen LogP contribution in [0.2, 0.25) is 0 Å². The SMILES string of the molecule is COc1ccc([C@]2(C)NC(=O)N(/N=C\c3cc(C#N)n(C)c3C)C2=O)cc1. The molecule has 27 heavy (non-hydrogen) atoms. The summed E-state index contributed by atoms with van der Waals surface area (Å²) in [6, 6.07) is 10.0. The molecule has 8 heteroatoms. The molecule has 1 aliphatic heterocycles. The Kier molecular flexibility index (Phi) is 4.45. The molecular formula is C19H19N5O3. The van der Waals surface area contributed by atoms with E-state index in [2.05, 4.69) is 16.5 Å². The zero-order chi connectivity index (χ0) is 19.8. The van der Waals surface area contributed by atoms with Gasteiger partial charge in [-0.1, -0.05) is 12.1 Å². The molecule has 0 aliphatic carbocycles. The predicted octanol–water partition coefficient (Wildman–Crippen LogP) is 2.01. The summed E-state index contributed by atoms with van der Waals surface area (Å²) in [5, 5.41) is 16.7. The molecule has 0 bridgehead atoms.